The lowest BCUT2D eigenvalue weighted by Gasteiger charge is -2.02. The summed E-state index contributed by atoms with van der Waals surface area (Å²) in [5.74, 6) is 0. The van der Waals surface area contributed by atoms with E-state index in [1.165, 1.54) is 5.56 Å². The molecule has 0 heterocycles. The predicted molar refractivity (Wildman–Crippen MR) is 57.7 cm³/mol. The standard InChI is InChI=1S/C10H10BrCl/c1-2-3-4-8-5-6-9(12)7-10(8)11/h2,5-7H,1,3-4H2. The Kier molecular flexibility index (Phi) is 3.83. The van der Waals surface area contributed by atoms with E-state index in [0.29, 0.717) is 0 Å². The molecule has 0 radical (unpaired) electrons. The van der Waals surface area contributed by atoms with Crippen molar-refractivity contribution in [2.24, 2.45) is 0 Å². The first kappa shape index (κ1) is 9.82. The Labute approximate surface area is 86.4 Å². The van der Waals surface area contributed by atoms with E-state index in [-0.39, 0.29) is 0 Å². The second kappa shape index (κ2) is 4.68. The normalized spacial score (nSPS) is 9.83. The molecular formula is C10H10BrCl. The van der Waals surface area contributed by atoms with Gasteiger partial charge >= 0.3 is 0 Å². The molecule has 0 aliphatic heterocycles. The van der Waals surface area contributed by atoms with Gasteiger partial charge < -0.3 is 0 Å². The van der Waals surface area contributed by atoms with E-state index in [0.717, 1.165) is 22.3 Å². The van der Waals surface area contributed by atoms with Crippen LogP contribution in [0.2, 0.25) is 5.02 Å². The van der Waals surface area contributed by atoms with Gasteiger partial charge in [-0.05, 0) is 30.5 Å². The highest BCUT2D eigenvalue weighted by atomic mass is 79.9. The van der Waals surface area contributed by atoms with E-state index in [1.54, 1.807) is 0 Å². The Morgan fingerprint density at radius 3 is 2.83 bits per heavy atom. The Bertz CT molecular complexity index is 281. The first-order valence-electron chi connectivity index (χ1n) is 3.79. The Morgan fingerprint density at radius 1 is 1.50 bits per heavy atom. The molecule has 1 rings (SSSR count). The van der Waals surface area contributed by atoms with Crippen LogP contribution in [0.15, 0.2) is 35.3 Å². The molecule has 0 unspecified atom stereocenters. The summed E-state index contributed by atoms with van der Waals surface area (Å²) in [6, 6.07) is 5.86. The molecule has 0 aromatic heterocycles. The van der Waals surface area contributed by atoms with E-state index < -0.39 is 0 Å². The zero-order valence-corrected chi connectivity index (χ0v) is 9.03. The summed E-state index contributed by atoms with van der Waals surface area (Å²) in [7, 11) is 0. The van der Waals surface area contributed by atoms with Crippen LogP contribution in [-0.2, 0) is 6.42 Å². The number of hydrogen-bond acceptors (Lipinski definition) is 0. The van der Waals surface area contributed by atoms with E-state index in [2.05, 4.69) is 22.5 Å². The Morgan fingerprint density at radius 2 is 2.25 bits per heavy atom. The SMILES string of the molecule is C=CCCc1ccc(Cl)cc1Br. The topological polar surface area (TPSA) is 0 Å². The van der Waals surface area contributed by atoms with Crippen LogP contribution in [0.5, 0.6) is 0 Å². The van der Waals surface area contributed by atoms with E-state index >= 15 is 0 Å². The fraction of sp³-hybridized carbons (Fsp3) is 0.200. The zero-order chi connectivity index (χ0) is 8.97. The van der Waals surface area contributed by atoms with Crippen LogP contribution >= 0.6 is 27.5 Å². The number of rotatable bonds is 3. The Balaban J connectivity index is 2.78. The largest absolute Gasteiger partial charge is 0.103 e. The van der Waals surface area contributed by atoms with Crippen LogP contribution < -0.4 is 0 Å². The van der Waals surface area contributed by atoms with Gasteiger partial charge in [0.15, 0.2) is 0 Å². The van der Waals surface area contributed by atoms with Crippen molar-refractivity contribution in [3.63, 3.8) is 0 Å². The lowest BCUT2D eigenvalue weighted by molar-refractivity contribution is 0.997. The highest BCUT2D eigenvalue weighted by Gasteiger charge is 1.98. The van der Waals surface area contributed by atoms with Gasteiger partial charge in [0.2, 0.25) is 0 Å². The van der Waals surface area contributed by atoms with Gasteiger partial charge in [-0.1, -0.05) is 39.7 Å². The van der Waals surface area contributed by atoms with E-state index in [9.17, 15) is 0 Å². The van der Waals surface area contributed by atoms with Gasteiger partial charge in [-0.3, -0.25) is 0 Å². The predicted octanol–water partition coefficient (Wildman–Crippen LogP) is 4.22. The second-order valence-corrected chi connectivity index (χ2v) is 3.85. The molecule has 0 aliphatic rings. The maximum absolute atomic E-state index is 5.80. The summed E-state index contributed by atoms with van der Waals surface area (Å²) in [4.78, 5) is 0. The third-order valence-corrected chi connectivity index (χ3v) is 2.61. The van der Waals surface area contributed by atoms with Crippen LogP contribution in [0.25, 0.3) is 0 Å². The third-order valence-electron chi connectivity index (χ3n) is 1.63. The second-order valence-electron chi connectivity index (χ2n) is 2.56. The van der Waals surface area contributed by atoms with Gasteiger partial charge in [-0.2, -0.15) is 0 Å². The highest BCUT2D eigenvalue weighted by molar-refractivity contribution is 9.10. The smallest absolute Gasteiger partial charge is 0.0417 e. The van der Waals surface area contributed by atoms with Crippen molar-refractivity contribution < 1.29 is 0 Å². The van der Waals surface area contributed by atoms with Crippen molar-refractivity contribution in [1.82, 2.24) is 0 Å². The maximum Gasteiger partial charge on any atom is 0.0417 e. The molecule has 0 amide bonds. The summed E-state index contributed by atoms with van der Waals surface area (Å²) in [6.07, 6.45) is 3.93. The molecule has 0 spiro atoms. The van der Waals surface area contributed by atoms with Crippen molar-refractivity contribution in [3.05, 3.63) is 45.9 Å². The number of aryl methyl sites for hydroxylation is 1. The molecule has 0 saturated heterocycles. The molecule has 0 N–H and O–H groups in total. The molecule has 12 heavy (non-hydrogen) atoms. The molecule has 0 atom stereocenters. The van der Waals surface area contributed by atoms with Crippen molar-refractivity contribution >= 4 is 27.5 Å². The molecule has 0 fully saturated rings. The molecule has 1 aromatic rings. The van der Waals surface area contributed by atoms with Crippen LogP contribution in [-0.4, -0.2) is 0 Å². The fourth-order valence-corrected chi connectivity index (χ4v) is 1.86. The van der Waals surface area contributed by atoms with Gasteiger partial charge in [0.05, 0.1) is 0 Å². The molecule has 1 aromatic carbocycles. The number of halogens is 2. The minimum Gasteiger partial charge on any atom is -0.103 e. The van der Waals surface area contributed by atoms with Crippen molar-refractivity contribution in [2.45, 2.75) is 12.8 Å². The molecule has 64 valence electrons. The van der Waals surface area contributed by atoms with Crippen molar-refractivity contribution in [1.29, 1.82) is 0 Å². The van der Waals surface area contributed by atoms with Crippen LogP contribution in [0.1, 0.15) is 12.0 Å². The van der Waals surface area contributed by atoms with Gasteiger partial charge in [-0.15, -0.1) is 6.58 Å². The zero-order valence-electron chi connectivity index (χ0n) is 6.69. The number of benzene rings is 1. The van der Waals surface area contributed by atoms with Crippen LogP contribution in [0.3, 0.4) is 0 Å². The fourth-order valence-electron chi connectivity index (χ4n) is 0.982. The van der Waals surface area contributed by atoms with Crippen LogP contribution in [0.4, 0.5) is 0 Å². The summed E-state index contributed by atoms with van der Waals surface area (Å²) < 4.78 is 1.08. The van der Waals surface area contributed by atoms with Gasteiger partial charge in [0, 0.05) is 9.50 Å². The van der Waals surface area contributed by atoms with Crippen molar-refractivity contribution in [2.75, 3.05) is 0 Å². The lowest BCUT2D eigenvalue weighted by atomic mass is 10.1. The third kappa shape index (κ3) is 2.65. The molecular weight excluding hydrogens is 235 g/mol. The summed E-state index contributed by atoms with van der Waals surface area (Å²) >= 11 is 9.26. The molecule has 0 aliphatic carbocycles. The minimum atomic E-state index is 0.768. The quantitative estimate of drug-likeness (QED) is 0.700. The first-order chi connectivity index (χ1) is 5.74. The molecule has 2 heteroatoms. The average Bonchev–Trinajstić information content (AvgIpc) is 2.03. The highest BCUT2D eigenvalue weighted by Crippen LogP contribution is 2.22. The van der Waals surface area contributed by atoms with Gasteiger partial charge in [0.25, 0.3) is 0 Å². The minimum absolute atomic E-state index is 0.768. The van der Waals surface area contributed by atoms with Crippen LogP contribution in [0, 0.1) is 0 Å². The molecule has 0 bridgehead atoms. The summed E-state index contributed by atoms with van der Waals surface area (Å²) in [5, 5.41) is 0.768. The lowest BCUT2D eigenvalue weighted by Crippen LogP contribution is -1.84. The molecule has 0 saturated carbocycles. The van der Waals surface area contributed by atoms with Crippen molar-refractivity contribution in [3.8, 4) is 0 Å². The number of hydrogen-bond donors (Lipinski definition) is 0. The molecule has 0 nitrogen and oxygen atoms in total. The van der Waals surface area contributed by atoms with Gasteiger partial charge in [0.1, 0.15) is 0 Å². The van der Waals surface area contributed by atoms with E-state index in [1.807, 2.05) is 24.3 Å². The average molecular weight is 246 g/mol. The van der Waals surface area contributed by atoms with E-state index in [4.69, 9.17) is 11.6 Å². The Hall–Kier alpha value is -0.270. The summed E-state index contributed by atoms with van der Waals surface area (Å²) in [6.45, 7) is 3.68. The van der Waals surface area contributed by atoms with Gasteiger partial charge in [-0.25, -0.2) is 0 Å². The summed E-state index contributed by atoms with van der Waals surface area (Å²) in [5.41, 5.74) is 1.28. The number of allylic oxidation sites excluding steroid dienone is 1. The first-order valence-corrected chi connectivity index (χ1v) is 4.96. The monoisotopic (exact) mass is 244 g/mol. The maximum atomic E-state index is 5.80.